The van der Waals surface area contributed by atoms with Gasteiger partial charge in [-0.1, -0.05) is 0 Å². The molecule has 1 saturated heterocycles. The summed E-state index contributed by atoms with van der Waals surface area (Å²) in [4.78, 5) is 21.2. The Hall–Kier alpha value is -2.66. The zero-order chi connectivity index (χ0) is 14.8. The fraction of sp³-hybridized carbons (Fsp3) is 0.333. The number of nitro groups is 1. The van der Waals surface area contributed by atoms with Crippen LogP contribution >= 0.6 is 0 Å². The second kappa shape index (κ2) is 5.14. The molecule has 104 valence electrons. The average Bonchev–Trinajstić information content (AvgIpc) is 2.35. The minimum Gasteiger partial charge on any atom is -0.481 e. The zero-order valence-corrected chi connectivity index (χ0v) is 10.3. The first-order chi connectivity index (χ1) is 9.46. The number of hydrogen-bond acceptors (Lipinski definition) is 6. The number of carbonyl (C=O) groups is 1. The van der Waals surface area contributed by atoms with Crippen molar-refractivity contribution in [2.45, 2.75) is 12.0 Å². The van der Waals surface area contributed by atoms with Crippen LogP contribution in [0.15, 0.2) is 18.2 Å². The quantitative estimate of drug-likeness (QED) is 0.598. The van der Waals surface area contributed by atoms with Gasteiger partial charge in [0, 0.05) is 19.2 Å². The van der Waals surface area contributed by atoms with Crippen molar-refractivity contribution in [2.24, 2.45) is 0 Å². The predicted molar refractivity (Wildman–Crippen MR) is 66.3 cm³/mol. The average molecular weight is 277 g/mol. The van der Waals surface area contributed by atoms with Gasteiger partial charge in [0.2, 0.25) is 0 Å². The molecule has 1 aromatic carbocycles. The lowest BCUT2D eigenvalue weighted by Crippen LogP contribution is -2.64. The molecule has 2 N–H and O–H groups in total. The molecule has 0 bridgehead atoms. The van der Waals surface area contributed by atoms with Crippen LogP contribution in [0.5, 0.6) is 5.75 Å². The molecule has 1 aromatic rings. The van der Waals surface area contributed by atoms with Crippen LogP contribution in [0.1, 0.15) is 12.0 Å². The number of carboxylic acid groups (broad SMARTS) is 1. The van der Waals surface area contributed by atoms with Crippen LogP contribution in [0, 0.1) is 21.4 Å². The molecule has 20 heavy (non-hydrogen) atoms. The van der Waals surface area contributed by atoms with E-state index in [0.29, 0.717) is 13.1 Å². The lowest BCUT2D eigenvalue weighted by atomic mass is 9.92. The highest BCUT2D eigenvalue weighted by molar-refractivity contribution is 5.69. The van der Waals surface area contributed by atoms with Gasteiger partial charge in [-0.05, 0) is 12.1 Å². The molecule has 0 saturated carbocycles. The molecule has 1 aliphatic rings. The molecule has 0 aromatic heterocycles. The molecule has 0 atom stereocenters. The number of nitro benzene ring substituents is 1. The van der Waals surface area contributed by atoms with E-state index in [1.54, 1.807) is 6.07 Å². The number of nitriles is 1. The normalized spacial score (nSPS) is 15.8. The van der Waals surface area contributed by atoms with E-state index in [4.69, 9.17) is 15.1 Å². The number of hydrogen-bond donors (Lipinski definition) is 2. The van der Waals surface area contributed by atoms with Gasteiger partial charge in [0.05, 0.1) is 23.0 Å². The smallest absolute Gasteiger partial charge is 0.312 e. The molecular formula is C12H11N3O5. The minimum atomic E-state index is -1.04. The number of ether oxygens (including phenoxy) is 1. The Morgan fingerprint density at radius 3 is 2.75 bits per heavy atom. The third-order valence-electron chi connectivity index (χ3n) is 2.98. The van der Waals surface area contributed by atoms with E-state index < -0.39 is 16.5 Å². The monoisotopic (exact) mass is 277 g/mol. The second-order valence-electron chi connectivity index (χ2n) is 4.51. The number of aliphatic carboxylic acids is 1. The Kier molecular flexibility index (Phi) is 3.54. The third kappa shape index (κ3) is 2.67. The first-order valence-electron chi connectivity index (χ1n) is 5.76. The van der Waals surface area contributed by atoms with Crippen molar-refractivity contribution < 1.29 is 19.6 Å². The van der Waals surface area contributed by atoms with Crippen molar-refractivity contribution in [1.82, 2.24) is 5.32 Å². The molecule has 0 radical (unpaired) electrons. The first-order valence-corrected chi connectivity index (χ1v) is 5.76. The van der Waals surface area contributed by atoms with Crippen LogP contribution in [0.25, 0.3) is 0 Å². The van der Waals surface area contributed by atoms with Crippen molar-refractivity contribution in [1.29, 1.82) is 5.26 Å². The van der Waals surface area contributed by atoms with Gasteiger partial charge < -0.3 is 15.2 Å². The van der Waals surface area contributed by atoms with Gasteiger partial charge in [-0.2, -0.15) is 5.26 Å². The molecule has 8 heteroatoms. The van der Waals surface area contributed by atoms with Crippen molar-refractivity contribution in [3.8, 4) is 11.8 Å². The fourth-order valence-electron chi connectivity index (χ4n) is 1.96. The molecule has 2 rings (SSSR count). The lowest BCUT2D eigenvalue weighted by molar-refractivity contribution is -0.386. The van der Waals surface area contributed by atoms with Gasteiger partial charge >= 0.3 is 11.7 Å². The highest BCUT2D eigenvalue weighted by atomic mass is 16.6. The molecule has 0 amide bonds. The Morgan fingerprint density at radius 1 is 1.60 bits per heavy atom. The SMILES string of the molecule is N#Cc1ccc(OC2(CC(=O)O)CNC2)c([N+](=O)[O-])c1. The third-order valence-corrected chi connectivity index (χ3v) is 2.98. The number of nitrogens with one attached hydrogen (secondary N) is 1. The number of benzene rings is 1. The Labute approximate surface area is 113 Å². The van der Waals surface area contributed by atoms with Crippen molar-refractivity contribution >= 4 is 11.7 Å². The largest absolute Gasteiger partial charge is 0.481 e. The maximum Gasteiger partial charge on any atom is 0.312 e. The van der Waals surface area contributed by atoms with E-state index in [2.05, 4.69) is 5.32 Å². The Bertz CT molecular complexity index is 604. The zero-order valence-electron chi connectivity index (χ0n) is 10.3. The predicted octanol–water partition coefficient (Wildman–Crippen LogP) is 0.662. The van der Waals surface area contributed by atoms with Gasteiger partial charge in [-0.3, -0.25) is 14.9 Å². The summed E-state index contributed by atoms with van der Waals surface area (Å²) >= 11 is 0. The summed E-state index contributed by atoms with van der Waals surface area (Å²) < 4.78 is 5.55. The van der Waals surface area contributed by atoms with Crippen LogP contribution in [0.3, 0.4) is 0 Å². The van der Waals surface area contributed by atoms with E-state index in [0.717, 1.165) is 6.07 Å². The topological polar surface area (TPSA) is 125 Å². The molecule has 0 spiro atoms. The van der Waals surface area contributed by atoms with E-state index in [1.165, 1.54) is 12.1 Å². The molecule has 1 fully saturated rings. The van der Waals surface area contributed by atoms with Gasteiger partial charge in [0.15, 0.2) is 5.75 Å². The standard InChI is InChI=1S/C12H11N3O5/c13-5-8-1-2-10(9(3-8)15(18)19)20-12(4-11(16)17)6-14-7-12/h1-3,14H,4,6-7H2,(H,16,17). The van der Waals surface area contributed by atoms with Crippen LogP contribution in [0.2, 0.25) is 0 Å². The summed E-state index contributed by atoms with van der Waals surface area (Å²) in [6, 6.07) is 5.62. The van der Waals surface area contributed by atoms with Crippen LogP contribution in [-0.4, -0.2) is 34.7 Å². The highest BCUT2D eigenvalue weighted by Crippen LogP contribution is 2.33. The van der Waals surface area contributed by atoms with Gasteiger partial charge in [-0.25, -0.2) is 0 Å². The highest BCUT2D eigenvalue weighted by Gasteiger charge is 2.42. The van der Waals surface area contributed by atoms with Crippen LogP contribution < -0.4 is 10.1 Å². The van der Waals surface area contributed by atoms with Gasteiger partial charge in [-0.15, -0.1) is 0 Å². The van der Waals surface area contributed by atoms with E-state index in [1.807, 2.05) is 0 Å². The van der Waals surface area contributed by atoms with Crippen LogP contribution in [-0.2, 0) is 4.79 Å². The van der Waals surface area contributed by atoms with Crippen LogP contribution in [0.4, 0.5) is 5.69 Å². The first kappa shape index (κ1) is 13.8. The van der Waals surface area contributed by atoms with E-state index >= 15 is 0 Å². The van der Waals surface area contributed by atoms with Gasteiger partial charge in [0.25, 0.3) is 0 Å². The molecule has 0 unspecified atom stereocenters. The molecule has 1 aliphatic heterocycles. The molecule has 1 heterocycles. The Morgan fingerprint density at radius 2 is 2.30 bits per heavy atom. The van der Waals surface area contributed by atoms with Crippen molar-refractivity contribution in [2.75, 3.05) is 13.1 Å². The van der Waals surface area contributed by atoms with E-state index in [-0.39, 0.29) is 23.4 Å². The molecule has 8 nitrogen and oxygen atoms in total. The van der Waals surface area contributed by atoms with Gasteiger partial charge in [0.1, 0.15) is 5.60 Å². The van der Waals surface area contributed by atoms with Crippen molar-refractivity contribution in [3.63, 3.8) is 0 Å². The number of nitrogens with zero attached hydrogens (tertiary/aromatic N) is 2. The fourth-order valence-corrected chi connectivity index (χ4v) is 1.96. The molecular weight excluding hydrogens is 266 g/mol. The summed E-state index contributed by atoms with van der Waals surface area (Å²) in [6.07, 6.45) is -0.253. The maximum atomic E-state index is 11.0. The summed E-state index contributed by atoms with van der Waals surface area (Å²) in [5.41, 5.74) is -1.19. The summed E-state index contributed by atoms with van der Waals surface area (Å²) in [7, 11) is 0. The minimum absolute atomic E-state index is 0.0308. The summed E-state index contributed by atoms with van der Waals surface area (Å²) in [6.45, 7) is 0.604. The number of carboxylic acids is 1. The van der Waals surface area contributed by atoms with E-state index in [9.17, 15) is 14.9 Å². The summed E-state index contributed by atoms with van der Waals surface area (Å²) in [5.74, 6) is -1.07. The second-order valence-corrected chi connectivity index (χ2v) is 4.51. The maximum absolute atomic E-state index is 11.0. The number of rotatable bonds is 5. The summed E-state index contributed by atoms with van der Waals surface area (Å²) in [5, 5.41) is 31.5. The lowest BCUT2D eigenvalue weighted by Gasteiger charge is -2.41. The molecule has 0 aliphatic carbocycles. The Balaban J connectivity index is 2.31. The van der Waals surface area contributed by atoms with Crippen molar-refractivity contribution in [3.05, 3.63) is 33.9 Å².